The van der Waals surface area contributed by atoms with Gasteiger partial charge in [0.05, 0.1) is 15.7 Å². The fourth-order valence-corrected chi connectivity index (χ4v) is 9.88. The highest BCUT2D eigenvalue weighted by molar-refractivity contribution is 7.26. The van der Waals surface area contributed by atoms with Crippen molar-refractivity contribution in [2.45, 2.75) is 80.2 Å². The number of nitrogens with zero attached hydrogens (tertiary/aromatic N) is 1. The van der Waals surface area contributed by atoms with Crippen LogP contribution in [0.3, 0.4) is 0 Å². The largest absolute Gasteiger partial charge is 0.378 e. The predicted octanol–water partition coefficient (Wildman–Crippen LogP) is 16.1. The van der Waals surface area contributed by atoms with E-state index in [-0.39, 0.29) is 11.5 Å². The third kappa shape index (κ3) is 6.66. The second-order valence-corrected chi connectivity index (χ2v) is 16.1. The van der Waals surface area contributed by atoms with Gasteiger partial charge in [0.15, 0.2) is 0 Å². The van der Waals surface area contributed by atoms with Gasteiger partial charge >= 0.3 is 0 Å². The molecule has 2 aliphatic carbocycles. The summed E-state index contributed by atoms with van der Waals surface area (Å²) in [5, 5.41) is 9.18. The molecule has 0 radical (unpaired) electrons. The predicted molar refractivity (Wildman–Crippen MR) is 249 cm³/mol. The first kappa shape index (κ1) is 38.9. The third-order valence-electron chi connectivity index (χ3n) is 11.3. The van der Waals surface area contributed by atoms with Crippen molar-refractivity contribution in [3.63, 3.8) is 0 Å². The van der Waals surface area contributed by atoms with E-state index in [0.717, 1.165) is 5.92 Å². The topological polar surface area (TPSA) is 17.0 Å². The lowest BCUT2D eigenvalue weighted by atomic mass is 9.80. The van der Waals surface area contributed by atoms with E-state index in [0.29, 0.717) is 0 Å². The highest BCUT2D eigenvalue weighted by atomic mass is 32.1. The lowest BCUT2D eigenvalue weighted by molar-refractivity contribution is 0.667. The fourth-order valence-electron chi connectivity index (χ4n) is 8.63. The first-order chi connectivity index (χ1) is 27.3. The molecule has 0 fully saturated rings. The Morgan fingerprint density at radius 1 is 0.732 bits per heavy atom. The Balaban J connectivity index is 0.000000387. The number of hydrogen-bond donors (Lipinski definition) is 1. The van der Waals surface area contributed by atoms with Crippen LogP contribution in [0.5, 0.6) is 0 Å². The molecule has 2 aliphatic rings. The zero-order valence-electron chi connectivity index (χ0n) is 34.6. The number of nitrogens with one attached hydrogen (secondary N) is 1. The Kier molecular flexibility index (Phi) is 11.4. The van der Waals surface area contributed by atoms with Crippen LogP contribution in [0.2, 0.25) is 0 Å². The molecule has 0 bridgehead atoms. The van der Waals surface area contributed by atoms with Crippen LogP contribution in [0.1, 0.15) is 90.1 Å². The maximum absolute atomic E-state index is 3.72. The molecule has 0 spiro atoms. The summed E-state index contributed by atoms with van der Waals surface area (Å²) in [6.07, 6.45) is 9.84. The first-order valence-corrected chi connectivity index (χ1v) is 21.4. The maximum Gasteiger partial charge on any atom is 0.0723 e. The van der Waals surface area contributed by atoms with Crippen LogP contribution in [0.25, 0.3) is 58.8 Å². The zero-order chi connectivity index (χ0) is 39.6. The molecule has 284 valence electrons. The van der Waals surface area contributed by atoms with Crippen LogP contribution in [-0.2, 0) is 5.41 Å². The minimum absolute atomic E-state index is 0.128. The molecule has 2 heterocycles. The van der Waals surface area contributed by atoms with Gasteiger partial charge in [-0.25, -0.2) is 0 Å². The molecule has 0 saturated carbocycles. The standard InChI is InChI=1S/C42H34N2S.C7H10.2C2H6/c1-25-13-5-10-18-33(25)43-26(2)27-21-23-28(24-22-27)44-34-19-11-7-15-30(34)38-39-36(29-14-6-9-17-32(29)42(39,3)4)37-31-16-8-12-20-35(31)45-41(37)40(38)44;1-7-5-3-2-4-6-7;2*1-2/h5-24,26,43H,1-4H3;2-5,7H,6H2,1H3;2*1-2H3. The van der Waals surface area contributed by atoms with Gasteiger partial charge in [0, 0.05) is 49.1 Å². The lowest BCUT2D eigenvalue weighted by Crippen LogP contribution is -2.15. The van der Waals surface area contributed by atoms with Crippen LogP contribution in [0.4, 0.5) is 5.69 Å². The molecule has 0 aliphatic heterocycles. The molecule has 2 nitrogen and oxygen atoms in total. The van der Waals surface area contributed by atoms with Crippen LogP contribution in [0, 0.1) is 12.8 Å². The number of thiophene rings is 1. The Bertz CT molecular complexity index is 2700. The third-order valence-corrected chi connectivity index (χ3v) is 12.5. The van der Waals surface area contributed by atoms with Crippen LogP contribution in [0.15, 0.2) is 146 Å². The first-order valence-electron chi connectivity index (χ1n) is 20.6. The van der Waals surface area contributed by atoms with E-state index in [1.165, 1.54) is 93.2 Å². The molecule has 1 N–H and O–H groups in total. The second-order valence-electron chi connectivity index (χ2n) is 15.1. The van der Waals surface area contributed by atoms with Gasteiger partial charge in [-0.2, -0.15) is 0 Å². The van der Waals surface area contributed by atoms with Gasteiger partial charge in [-0.15, -0.1) is 11.3 Å². The Morgan fingerprint density at radius 2 is 1.39 bits per heavy atom. The van der Waals surface area contributed by atoms with E-state index in [9.17, 15) is 0 Å². The monoisotopic (exact) mass is 752 g/mol. The van der Waals surface area contributed by atoms with Gasteiger partial charge in [-0.1, -0.05) is 164 Å². The van der Waals surface area contributed by atoms with E-state index in [4.69, 9.17) is 0 Å². The smallest absolute Gasteiger partial charge is 0.0723 e. The molecule has 56 heavy (non-hydrogen) atoms. The quantitative estimate of drug-likeness (QED) is 0.189. The molecular formula is C53H56N2S. The van der Waals surface area contributed by atoms with Crippen molar-refractivity contribution in [3.8, 4) is 16.8 Å². The number of benzene rings is 6. The molecular weight excluding hydrogens is 697 g/mol. The van der Waals surface area contributed by atoms with E-state index in [2.05, 4.69) is 190 Å². The number of allylic oxidation sites excluding steroid dienone is 4. The Labute approximate surface area is 338 Å². The van der Waals surface area contributed by atoms with Crippen LogP contribution < -0.4 is 5.32 Å². The number of rotatable bonds is 4. The highest BCUT2D eigenvalue weighted by Gasteiger charge is 2.40. The lowest BCUT2D eigenvalue weighted by Gasteiger charge is -2.23. The summed E-state index contributed by atoms with van der Waals surface area (Å²) in [7, 11) is 0. The van der Waals surface area contributed by atoms with Gasteiger partial charge in [-0.3, -0.25) is 0 Å². The van der Waals surface area contributed by atoms with Crippen molar-refractivity contribution in [3.05, 3.63) is 168 Å². The Morgan fingerprint density at radius 3 is 2.09 bits per heavy atom. The number of anilines is 1. The summed E-state index contributed by atoms with van der Waals surface area (Å²) in [5.41, 5.74) is 13.0. The maximum atomic E-state index is 3.72. The summed E-state index contributed by atoms with van der Waals surface area (Å²) >= 11 is 1.94. The molecule has 8 aromatic rings. The number of aryl methyl sites for hydroxylation is 1. The van der Waals surface area contributed by atoms with Crippen molar-refractivity contribution in [1.82, 2.24) is 4.57 Å². The summed E-state index contributed by atoms with van der Waals surface area (Å²) in [5.74, 6) is 0.769. The molecule has 2 unspecified atom stereocenters. The van der Waals surface area contributed by atoms with Crippen molar-refractivity contribution in [2.24, 2.45) is 5.92 Å². The number of fused-ring (bicyclic) bond motifs is 12. The van der Waals surface area contributed by atoms with E-state index in [1.54, 1.807) is 0 Å². The fraction of sp³-hybridized carbons (Fsp3) is 0.245. The molecule has 10 rings (SSSR count). The minimum Gasteiger partial charge on any atom is -0.378 e. The highest BCUT2D eigenvalue weighted by Crippen LogP contribution is 2.58. The average molecular weight is 753 g/mol. The molecule has 6 aromatic carbocycles. The van der Waals surface area contributed by atoms with Crippen molar-refractivity contribution in [2.75, 3.05) is 5.32 Å². The molecule has 0 amide bonds. The number of aromatic nitrogens is 1. The van der Waals surface area contributed by atoms with Gasteiger partial charge in [0.25, 0.3) is 0 Å². The molecule has 2 atom stereocenters. The van der Waals surface area contributed by atoms with Crippen LogP contribution >= 0.6 is 11.3 Å². The number of para-hydroxylation sites is 2. The molecule has 2 aromatic heterocycles. The van der Waals surface area contributed by atoms with Crippen molar-refractivity contribution in [1.29, 1.82) is 0 Å². The second kappa shape index (κ2) is 16.4. The van der Waals surface area contributed by atoms with Gasteiger partial charge in [0.1, 0.15) is 0 Å². The Hall–Kier alpha value is -5.38. The molecule has 0 saturated heterocycles. The van der Waals surface area contributed by atoms with Gasteiger partial charge in [0.2, 0.25) is 0 Å². The van der Waals surface area contributed by atoms with E-state index in [1.807, 2.05) is 39.0 Å². The number of hydrogen-bond acceptors (Lipinski definition) is 2. The zero-order valence-corrected chi connectivity index (χ0v) is 35.4. The summed E-state index contributed by atoms with van der Waals surface area (Å²) in [6.45, 7) is 19.5. The van der Waals surface area contributed by atoms with Crippen molar-refractivity contribution >= 4 is 59.0 Å². The normalized spacial score (nSPS) is 15.3. The van der Waals surface area contributed by atoms with E-state index < -0.39 is 0 Å². The van der Waals surface area contributed by atoms with Crippen LogP contribution in [-0.4, -0.2) is 4.57 Å². The average Bonchev–Trinajstić information content (AvgIpc) is 3.87. The summed E-state index contributed by atoms with van der Waals surface area (Å²) < 4.78 is 5.24. The minimum atomic E-state index is -0.128. The van der Waals surface area contributed by atoms with Gasteiger partial charge in [-0.05, 0) is 89.9 Å². The summed E-state index contributed by atoms with van der Waals surface area (Å²) in [6, 6.07) is 45.0. The van der Waals surface area contributed by atoms with Gasteiger partial charge < -0.3 is 9.88 Å². The van der Waals surface area contributed by atoms with Crippen molar-refractivity contribution < 1.29 is 0 Å². The SMILES string of the molecule is CC.CC.CC1C=CC=CC1.Cc1ccccc1NC(C)c1ccc(-n2c3ccccc3c3c4c(c5c6ccccc6sc5c32)-c2ccccc2C4(C)C)cc1. The van der Waals surface area contributed by atoms with E-state index >= 15 is 0 Å². The summed E-state index contributed by atoms with van der Waals surface area (Å²) in [4.78, 5) is 0. The molecule has 3 heteroatoms.